The van der Waals surface area contributed by atoms with Crippen molar-refractivity contribution in [3.8, 4) is 0 Å². The van der Waals surface area contributed by atoms with Crippen LogP contribution in [-0.2, 0) is 5.88 Å². The summed E-state index contributed by atoms with van der Waals surface area (Å²) in [5.41, 5.74) is 0.0881. The summed E-state index contributed by atoms with van der Waals surface area (Å²) in [6.45, 7) is 6.53. The zero-order chi connectivity index (χ0) is 11.6. The molecule has 0 N–H and O–H groups in total. The number of thiazole rings is 1. The minimum atomic E-state index is 0.0881. The summed E-state index contributed by atoms with van der Waals surface area (Å²) in [5.74, 6) is 0.427. The second-order valence-corrected chi connectivity index (χ2v) is 5.76. The van der Waals surface area contributed by atoms with Gasteiger partial charge in [-0.05, 0) is 20.3 Å². The van der Waals surface area contributed by atoms with Crippen molar-refractivity contribution in [2.24, 2.45) is 0 Å². The first-order chi connectivity index (χ1) is 6.92. The number of alkyl halides is 1. The van der Waals surface area contributed by atoms with Gasteiger partial charge in [-0.25, -0.2) is 4.98 Å². The van der Waals surface area contributed by atoms with Crippen molar-refractivity contribution in [2.45, 2.75) is 38.6 Å². The third-order valence-electron chi connectivity index (χ3n) is 2.82. The van der Waals surface area contributed by atoms with E-state index in [-0.39, 0.29) is 5.54 Å². The number of halogens is 2. The molecule has 1 heterocycles. The molecule has 0 saturated heterocycles. The zero-order valence-corrected chi connectivity index (χ0v) is 11.8. The first-order valence-corrected chi connectivity index (χ1v) is 6.60. The van der Waals surface area contributed by atoms with Crippen molar-refractivity contribution in [3.05, 3.63) is 10.0 Å². The molecule has 15 heavy (non-hydrogen) atoms. The predicted octanol–water partition coefficient (Wildman–Crippen LogP) is 4.16. The maximum Gasteiger partial charge on any atom is 0.187 e. The quantitative estimate of drug-likeness (QED) is 0.761. The SMILES string of the molecule is CCC(C)(C)N(C)c1nc(Cl)c(CCl)s1. The van der Waals surface area contributed by atoms with Gasteiger partial charge in [0.25, 0.3) is 0 Å². The van der Waals surface area contributed by atoms with Crippen LogP contribution in [0.15, 0.2) is 0 Å². The van der Waals surface area contributed by atoms with E-state index in [4.69, 9.17) is 23.2 Å². The van der Waals surface area contributed by atoms with Gasteiger partial charge in [0, 0.05) is 12.6 Å². The van der Waals surface area contributed by atoms with Gasteiger partial charge < -0.3 is 4.90 Å². The van der Waals surface area contributed by atoms with Crippen molar-refractivity contribution in [3.63, 3.8) is 0 Å². The van der Waals surface area contributed by atoms with E-state index in [0.717, 1.165) is 16.4 Å². The fourth-order valence-electron chi connectivity index (χ4n) is 1.04. The first kappa shape index (κ1) is 13.1. The van der Waals surface area contributed by atoms with Crippen LogP contribution >= 0.6 is 34.5 Å². The molecule has 2 nitrogen and oxygen atoms in total. The Kier molecular flexibility index (Phi) is 4.27. The standard InChI is InChI=1S/C10H16Cl2N2S/c1-5-10(2,3)14(4)9-13-8(12)7(6-11)15-9/h5-6H2,1-4H3. The fraction of sp³-hybridized carbons (Fsp3) is 0.700. The lowest BCUT2D eigenvalue weighted by Crippen LogP contribution is -2.40. The molecule has 0 atom stereocenters. The molecule has 0 saturated carbocycles. The topological polar surface area (TPSA) is 16.1 Å². The van der Waals surface area contributed by atoms with Crippen LogP contribution in [0.4, 0.5) is 5.13 Å². The highest BCUT2D eigenvalue weighted by Crippen LogP contribution is 2.33. The Hall–Kier alpha value is 0.01000. The van der Waals surface area contributed by atoms with E-state index in [1.165, 1.54) is 0 Å². The monoisotopic (exact) mass is 266 g/mol. The van der Waals surface area contributed by atoms with Gasteiger partial charge in [-0.1, -0.05) is 29.9 Å². The third-order valence-corrected chi connectivity index (χ3v) is 4.80. The molecular formula is C10H16Cl2N2S. The summed E-state index contributed by atoms with van der Waals surface area (Å²) in [6, 6.07) is 0. The van der Waals surface area contributed by atoms with E-state index < -0.39 is 0 Å². The maximum atomic E-state index is 5.97. The Balaban J connectivity index is 2.96. The number of aromatic nitrogens is 1. The lowest BCUT2D eigenvalue weighted by atomic mass is 10.0. The smallest absolute Gasteiger partial charge is 0.187 e. The molecule has 0 unspecified atom stereocenters. The summed E-state index contributed by atoms with van der Waals surface area (Å²) >= 11 is 13.3. The van der Waals surface area contributed by atoms with E-state index in [1.54, 1.807) is 11.3 Å². The summed E-state index contributed by atoms with van der Waals surface area (Å²) in [7, 11) is 2.04. The number of nitrogens with zero attached hydrogens (tertiary/aromatic N) is 2. The molecule has 5 heteroatoms. The number of anilines is 1. The van der Waals surface area contributed by atoms with Crippen LogP contribution in [0.25, 0.3) is 0 Å². The molecule has 1 rings (SSSR count). The second-order valence-electron chi connectivity index (χ2n) is 4.07. The van der Waals surface area contributed by atoms with E-state index in [9.17, 15) is 0 Å². The highest BCUT2D eigenvalue weighted by Gasteiger charge is 2.24. The van der Waals surface area contributed by atoms with Gasteiger partial charge in [-0.2, -0.15) is 0 Å². The van der Waals surface area contributed by atoms with Crippen LogP contribution < -0.4 is 4.90 Å². The lowest BCUT2D eigenvalue weighted by molar-refractivity contribution is 0.470. The van der Waals surface area contributed by atoms with Gasteiger partial charge in [0.15, 0.2) is 5.13 Å². The molecule has 0 amide bonds. The molecule has 1 aromatic rings. The van der Waals surface area contributed by atoms with Gasteiger partial charge in [-0.15, -0.1) is 11.6 Å². The Bertz CT molecular complexity index is 336. The summed E-state index contributed by atoms with van der Waals surface area (Å²) in [5, 5.41) is 1.46. The van der Waals surface area contributed by atoms with E-state index in [2.05, 4.69) is 30.7 Å². The molecule has 0 bridgehead atoms. The number of rotatable bonds is 4. The maximum absolute atomic E-state index is 5.97. The van der Waals surface area contributed by atoms with Crippen molar-refractivity contribution < 1.29 is 0 Å². The minimum absolute atomic E-state index is 0.0881. The van der Waals surface area contributed by atoms with Crippen molar-refractivity contribution in [2.75, 3.05) is 11.9 Å². The van der Waals surface area contributed by atoms with E-state index in [1.807, 2.05) is 7.05 Å². The number of hydrogen-bond donors (Lipinski definition) is 0. The largest absolute Gasteiger partial charge is 0.346 e. The minimum Gasteiger partial charge on any atom is -0.346 e. The lowest BCUT2D eigenvalue weighted by Gasteiger charge is -2.34. The molecular weight excluding hydrogens is 251 g/mol. The van der Waals surface area contributed by atoms with Gasteiger partial charge in [0.1, 0.15) is 5.15 Å². The molecule has 0 radical (unpaired) electrons. The van der Waals surface area contributed by atoms with Crippen LogP contribution in [-0.4, -0.2) is 17.6 Å². The molecule has 0 aliphatic rings. The van der Waals surface area contributed by atoms with Gasteiger partial charge in [0.2, 0.25) is 0 Å². The highest BCUT2D eigenvalue weighted by atomic mass is 35.5. The summed E-state index contributed by atoms with van der Waals surface area (Å²) in [4.78, 5) is 7.41. The van der Waals surface area contributed by atoms with Crippen LogP contribution in [0, 0.1) is 0 Å². The van der Waals surface area contributed by atoms with Gasteiger partial charge in [-0.3, -0.25) is 0 Å². The van der Waals surface area contributed by atoms with Crippen LogP contribution in [0.1, 0.15) is 32.1 Å². The van der Waals surface area contributed by atoms with Crippen molar-refractivity contribution in [1.29, 1.82) is 0 Å². The molecule has 0 aliphatic heterocycles. The Morgan fingerprint density at radius 2 is 2.07 bits per heavy atom. The molecule has 0 aromatic carbocycles. The molecule has 0 spiro atoms. The average Bonchev–Trinajstić information content (AvgIpc) is 2.58. The van der Waals surface area contributed by atoms with Gasteiger partial charge >= 0.3 is 0 Å². The first-order valence-electron chi connectivity index (χ1n) is 4.87. The normalized spacial score (nSPS) is 11.9. The Morgan fingerprint density at radius 3 is 2.47 bits per heavy atom. The summed E-state index contributed by atoms with van der Waals surface area (Å²) < 4.78 is 0. The Labute approximate surface area is 105 Å². The highest BCUT2D eigenvalue weighted by molar-refractivity contribution is 7.16. The Morgan fingerprint density at radius 1 is 1.47 bits per heavy atom. The van der Waals surface area contributed by atoms with E-state index >= 15 is 0 Å². The molecule has 0 fully saturated rings. The van der Waals surface area contributed by atoms with Crippen molar-refractivity contribution >= 4 is 39.7 Å². The van der Waals surface area contributed by atoms with Crippen LogP contribution in [0.2, 0.25) is 5.15 Å². The number of hydrogen-bond acceptors (Lipinski definition) is 3. The molecule has 0 aliphatic carbocycles. The van der Waals surface area contributed by atoms with Crippen LogP contribution in [0.3, 0.4) is 0 Å². The third kappa shape index (κ3) is 2.77. The zero-order valence-electron chi connectivity index (χ0n) is 9.47. The predicted molar refractivity (Wildman–Crippen MR) is 69.5 cm³/mol. The summed E-state index contributed by atoms with van der Waals surface area (Å²) in [6.07, 6.45) is 1.05. The van der Waals surface area contributed by atoms with E-state index in [0.29, 0.717) is 11.0 Å². The fourth-order valence-corrected chi connectivity index (χ4v) is 2.64. The van der Waals surface area contributed by atoms with Crippen LogP contribution in [0.5, 0.6) is 0 Å². The average molecular weight is 267 g/mol. The molecule has 1 aromatic heterocycles. The van der Waals surface area contributed by atoms with Crippen molar-refractivity contribution in [1.82, 2.24) is 4.98 Å². The second kappa shape index (κ2) is 4.89. The van der Waals surface area contributed by atoms with Gasteiger partial charge in [0.05, 0.1) is 10.8 Å². The molecule has 86 valence electrons.